The predicted octanol–water partition coefficient (Wildman–Crippen LogP) is 5.26. The number of aliphatic imine (C=N–C) groups is 1. The van der Waals surface area contributed by atoms with Gasteiger partial charge in [-0.05, 0) is 40.6 Å². The first-order valence-corrected chi connectivity index (χ1v) is 6.66. The Labute approximate surface area is 118 Å². The Morgan fingerprint density at radius 3 is 2.30 bits per heavy atom. The summed E-state index contributed by atoms with van der Waals surface area (Å²) in [6.45, 7) is 0. The van der Waals surface area contributed by atoms with Gasteiger partial charge in [0, 0.05) is 6.21 Å². The normalized spacial score (nSPS) is 11.6. The number of allylic oxidation sites excluding steroid dienone is 1. The summed E-state index contributed by atoms with van der Waals surface area (Å²) >= 11 is 0. The third-order valence-electron chi connectivity index (χ3n) is 3.13. The van der Waals surface area contributed by atoms with E-state index in [9.17, 15) is 0 Å². The summed E-state index contributed by atoms with van der Waals surface area (Å²) in [5.41, 5.74) is 2.15. The van der Waals surface area contributed by atoms with Crippen molar-refractivity contribution in [3.8, 4) is 0 Å². The Balaban J connectivity index is 1.76. The molecule has 3 aromatic rings. The van der Waals surface area contributed by atoms with Crippen molar-refractivity contribution in [2.24, 2.45) is 4.99 Å². The van der Waals surface area contributed by atoms with E-state index in [0.717, 1.165) is 5.69 Å². The Morgan fingerprint density at radius 1 is 0.700 bits per heavy atom. The first-order valence-electron chi connectivity index (χ1n) is 6.66. The number of fused-ring (bicyclic) bond motifs is 1. The van der Waals surface area contributed by atoms with Gasteiger partial charge in [-0.15, -0.1) is 0 Å². The Hall–Kier alpha value is -2.67. The molecule has 0 spiro atoms. The van der Waals surface area contributed by atoms with Crippen molar-refractivity contribution in [2.45, 2.75) is 0 Å². The molecule has 0 heterocycles. The van der Waals surface area contributed by atoms with Crippen LogP contribution in [0.4, 0.5) is 5.69 Å². The van der Waals surface area contributed by atoms with Crippen molar-refractivity contribution in [3.05, 3.63) is 84.4 Å². The second kappa shape index (κ2) is 5.98. The van der Waals surface area contributed by atoms with Gasteiger partial charge in [-0.2, -0.15) is 0 Å². The van der Waals surface area contributed by atoms with Crippen LogP contribution in [0, 0.1) is 0 Å². The van der Waals surface area contributed by atoms with Crippen LogP contribution in [0.5, 0.6) is 0 Å². The molecule has 0 aliphatic carbocycles. The maximum absolute atomic E-state index is 4.37. The molecule has 0 bridgehead atoms. The van der Waals surface area contributed by atoms with Crippen LogP contribution in [-0.2, 0) is 0 Å². The maximum atomic E-state index is 4.37. The molecule has 0 aliphatic heterocycles. The average Bonchev–Trinajstić information content (AvgIpc) is 2.52. The van der Waals surface area contributed by atoms with Gasteiger partial charge in [0.15, 0.2) is 0 Å². The lowest BCUT2D eigenvalue weighted by molar-refractivity contribution is 1.54. The molecule has 1 nitrogen and oxygen atoms in total. The van der Waals surface area contributed by atoms with E-state index in [-0.39, 0.29) is 0 Å². The van der Waals surface area contributed by atoms with Gasteiger partial charge in [-0.25, -0.2) is 0 Å². The lowest BCUT2D eigenvalue weighted by atomic mass is 10.1. The molecule has 0 fully saturated rings. The monoisotopic (exact) mass is 257 g/mol. The van der Waals surface area contributed by atoms with E-state index >= 15 is 0 Å². The van der Waals surface area contributed by atoms with Crippen LogP contribution in [0.15, 0.2) is 83.9 Å². The third-order valence-corrected chi connectivity index (χ3v) is 3.13. The molecule has 0 N–H and O–H groups in total. The largest absolute Gasteiger partial charge is 0.257 e. The summed E-state index contributed by atoms with van der Waals surface area (Å²) in [5.74, 6) is 0. The number of hydrogen-bond donors (Lipinski definition) is 0. The fourth-order valence-electron chi connectivity index (χ4n) is 2.11. The minimum atomic E-state index is 0.968. The quantitative estimate of drug-likeness (QED) is 0.568. The number of benzene rings is 3. The number of nitrogens with zero attached hydrogens (tertiary/aromatic N) is 1. The van der Waals surface area contributed by atoms with Gasteiger partial charge in [-0.3, -0.25) is 4.99 Å². The van der Waals surface area contributed by atoms with Crippen molar-refractivity contribution in [2.75, 3.05) is 0 Å². The van der Waals surface area contributed by atoms with E-state index in [1.165, 1.54) is 16.3 Å². The van der Waals surface area contributed by atoms with Crippen LogP contribution in [0.3, 0.4) is 0 Å². The van der Waals surface area contributed by atoms with Crippen LogP contribution in [0.2, 0.25) is 0 Å². The molecular formula is C19H15N. The van der Waals surface area contributed by atoms with E-state index in [2.05, 4.69) is 53.5 Å². The summed E-state index contributed by atoms with van der Waals surface area (Å²) in [7, 11) is 0. The zero-order valence-electron chi connectivity index (χ0n) is 11.1. The molecule has 0 unspecified atom stereocenters. The Kier molecular flexibility index (Phi) is 3.70. The maximum Gasteiger partial charge on any atom is 0.0629 e. The minimum Gasteiger partial charge on any atom is -0.257 e. The smallest absolute Gasteiger partial charge is 0.0629 e. The molecule has 0 saturated heterocycles. The predicted molar refractivity (Wildman–Crippen MR) is 87.6 cm³/mol. The molecule has 1 heteroatoms. The molecule has 0 atom stereocenters. The van der Waals surface area contributed by atoms with Crippen LogP contribution >= 0.6 is 0 Å². The van der Waals surface area contributed by atoms with Crippen LogP contribution in [-0.4, -0.2) is 6.21 Å². The van der Waals surface area contributed by atoms with Crippen molar-refractivity contribution < 1.29 is 0 Å². The standard InChI is InChI=1S/C19H15N/c1-2-10-19(11-3-1)20-14-6-7-16-12-13-17-8-4-5-9-18(17)15-16/h1-15H/b7-6+,20-14?. The van der Waals surface area contributed by atoms with Crippen molar-refractivity contribution >= 4 is 28.8 Å². The van der Waals surface area contributed by atoms with Gasteiger partial charge < -0.3 is 0 Å². The third kappa shape index (κ3) is 3.01. The molecule has 0 aromatic heterocycles. The highest BCUT2D eigenvalue weighted by Gasteiger charge is 1.92. The summed E-state index contributed by atoms with van der Waals surface area (Å²) in [4.78, 5) is 4.37. The minimum absolute atomic E-state index is 0.968. The highest BCUT2D eigenvalue weighted by molar-refractivity contribution is 5.86. The van der Waals surface area contributed by atoms with E-state index in [1.54, 1.807) is 0 Å². The SMILES string of the molecule is C(/C=C/c1ccc2ccccc2c1)=Nc1ccccc1. The van der Waals surface area contributed by atoms with E-state index in [4.69, 9.17) is 0 Å². The zero-order chi connectivity index (χ0) is 13.6. The summed E-state index contributed by atoms with van der Waals surface area (Å²) < 4.78 is 0. The zero-order valence-corrected chi connectivity index (χ0v) is 11.1. The van der Waals surface area contributed by atoms with Crippen molar-refractivity contribution in [3.63, 3.8) is 0 Å². The molecule has 0 aliphatic rings. The summed E-state index contributed by atoms with van der Waals surface area (Å²) in [6, 6.07) is 24.8. The molecule has 96 valence electrons. The Bertz CT molecular complexity index is 755. The average molecular weight is 257 g/mol. The summed E-state index contributed by atoms with van der Waals surface area (Å²) in [5, 5.41) is 2.53. The van der Waals surface area contributed by atoms with Crippen molar-refractivity contribution in [1.82, 2.24) is 0 Å². The lowest BCUT2D eigenvalue weighted by Crippen LogP contribution is -1.75. The molecule has 20 heavy (non-hydrogen) atoms. The van der Waals surface area contributed by atoms with Gasteiger partial charge in [0.1, 0.15) is 0 Å². The van der Waals surface area contributed by atoms with Crippen LogP contribution < -0.4 is 0 Å². The highest BCUT2D eigenvalue weighted by Crippen LogP contribution is 2.16. The van der Waals surface area contributed by atoms with E-state index < -0.39 is 0 Å². The molecule has 0 amide bonds. The van der Waals surface area contributed by atoms with Gasteiger partial charge in [-0.1, -0.05) is 60.7 Å². The first-order chi connectivity index (χ1) is 9.92. The molecule has 3 rings (SSSR count). The van der Waals surface area contributed by atoms with Gasteiger partial charge >= 0.3 is 0 Å². The molecule has 0 radical (unpaired) electrons. The molecule has 0 saturated carbocycles. The second-order valence-electron chi connectivity index (χ2n) is 4.58. The lowest BCUT2D eigenvalue weighted by Gasteiger charge is -1.98. The molecule has 3 aromatic carbocycles. The Morgan fingerprint density at radius 2 is 1.45 bits per heavy atom. The number of rotatable bonds is 3. The van der Waals surface area contributed by atoms with E-state index in [0.29, 0.717) is 0 Å². The van der Waals surface area contributed by atoms with Crippen LogP contribution in [0.1, 0.15) is 5.56 Å². The first kappa shape index (κ1) is 12.4. The van der Waals surface area contributed by atoms with E-state index in [1.807, 2.05) is 42.6 Å². The fraction of sp³-hybridized carbons (Fsp3) is 0. The van der Waals surface area contributed by atoms with Crippen LogP contribution in [0.25, 0.3) is 16.8 Å². The van der Waals surface area contributed by atoms with Gasteiger partial charge in [0.05, 0.1) is 5.69 Å². The topological polar surface area (TPSA) is 12.4 Å². The second-order valence-corrected chi connectivity index (χ2v) is 4.58. The number of hydrogen-bond acceptors (Lipinski definition) is 1. The summed E-state index contributed by atoms with van der Waals surface area (Å²) in [6.07, 6.45) is 5.86. The van der Waals surface area contributed by atoms with Crippen molar-refractivity contribution in [1.29, 1.82) is 0 Å². The van der Waals surface area contributed by atoms with Gasteiger partial charge in [0.25, 0.3) is 0 Å². The molecular weight excluding hydrogens is 242 g/mol. The van der Waals surface area contributed by atoms with Gasteiger partial charge in [0.2, 0.25) is 0 Å². The number of para-hydroxylation sites is 1. The fourth-order valence-corrected chi connectivity index (χ4v) is 2.11. The highest BCUT2D eigenvalue weighted by atomic mass is 14.7.